The fourth-order valence-corrected chi connectivity index (χ4v) is 2.75. The van der Waals surface area contributed by atoms with Crippen molar-refractivity contribution >= 4 is 11.5 Å². The van der Waals surface area contributed by atoms with Gasteiger partial charge in [0, 0.05) is 35.9 Å². The summed E-state index contributed by atoms with van der Waals surface area (Å²) >= 11 is 0.824. The van der Waals surface area contributed by atoms with Gasteiger partial charge in [-0.05, 0) is 29.8 Å². The van der Waals surface area contributed by atoms with E-state index in [1.165, 1.54) is 12.1 Å². The van der Waals surface area contributed by atoms with Gasteiger partial charge in [0.25, 0.3) is 6.43 Å². The Morgan fingerprint density at radius 2 is 2.08 bits per heavy atom. The van der Waals surface area contributed by atoms with Gasteiger partial charge in [0.1, 0.15) is 11.4 Å². The van der Waals surface area contributed by atoms with Crippen molar-refractivity contribution in [3.63, 3.8) is 0 Å². The van der Waals surface area contributed by atoms with E-state index in [2.05, 4.69) is 9.36 Å². The molecule has 0 saturated carbocycles. The van der Waals surface area contributed by atoms with Gasteiger partial charge < -0.3 is 10.5 Å². The Labute approximate surface area is 146 Å². The molecule has 0 spiro atoms. The maximum absolute atomic E-state index is 12.7. The van der Waals surface area contributed by atoms with Gasteiger partial charge in [0.05, 0.1) is 17.3 Å². The smallest absolute Gasteiger partial charge is 0.281 e. The lowest BCUT2D eigenvalue weighted by molar-refractivity contribution is 0.147. The highest BCUT2D eigenvalue weighted by molar-refractivity contribution is 7.07. The molecule has 0 aliphatic carbocycles. The minimum absolute atomic E-state index is 0.213. The predicted octanol–water partition coefficient (Wildman–Crippen LogP) is 4.27. The van der Waals surface area contributed by atoms with Crippen LogP contribution in [0.4, 0.5) is 8.78 Å². The van der Waals surface area contributed by atoms with Crippen LogP contribution in [0.5, 0.6) is 10.8 Å². The second-order valence-electron chi connectivity index (χ2n) is 5.05. The van der Waals surface area contributed by atoms with Crippen molar-refractivity contribution in [1.82, 2.24) is 9.36 Å². The summed E-state index contributed by atoms with van der Waals surface area (Å²) < 4.78 is 34.7. The number of benzene rings is 1. The van der Waals surface area contributed by atoms with Gasteiger partial charge >= 0.3 is 0 Å². The largest absolute Gasteiger partial charge is 0.444 e. The van der Waals surface area contributed by atoms with Crippen LogP contribution in [0.1, 0.15) is 23.2 Å². The number of aromatic nitrogens is 2. The molecule has 0 amide bonds. The molecule has 0 atom stereocenters. The normalized spacial score (nSPS) is 10.7. The average Bonchev–Trinajstić information content (AvgIpc) is 3.10. The molecule has 0 bridgehead atoms. The van der Waals surface area contributed by atoms with Crippen LogP contribution in [-0.4, -0.2) is 9.36 Å². The van der Waals surface area contributed by atoms with Crippen LogP contribution >= 0.6 is 11.5 Å². The van der Waals surface area contributed by atoms with Crippen molar-refractivity contribution in [2.45, 2.75) is 13.0 Å². The molecule has 1 aromatic carbocycles. The van der Waals surface area contributed by atoms with Gasteiger partial charge in [-0.25, -0.2) is 8.78 Å². The maximum Gasteiger partial charge on any atom is 0.281 e. The third-order valence-corrected chi connectivity index (χ3v) is 4.07. The van der Waals surface area contributed by atoms with Gasteiger partial charge in [-0.15, -0.1) is 0 Å². The molecule has 0 fully saturated rings. The first-order valence-corrected chi connectivity index (χ1v) is 8.00. The van der Waals surface area contributed by atoms with E-state index in [0.717, 1.165) is 17.1 Å². The molecule has 0 aliphatic rings. The van der Waals surface area contributed by atoms with Crippen molar-refractivity contribution in [3.8, 4) is 28.1 Å². The van der Waals surface area contributed by atoms with E-state index in [4.69, 9.17) is 15.7 Å². The fraction of sp³-hybridized carbons (Fsp3) is 0.118. The molecule has 25 heavy (non-hydrogen) atoms. The lowest BCUT2D eigenvalue weighted by Gasteiger charge is -2.10. The topological polar surface area (TPSA) is 84.8 Å². The van der Waals surface area contributed by atoms with Crippen LogP contribution < -0.4 is 10.5 Å². The quantitative estimate of drug-likeness (QED) is 0.736. The summed E-state index contributed by atoms with van der Waals surface area (Å²) in [5, 5.41) is 9.30. The third-order valence-electron chi connectivity index (χ3n) is 3.39. The van der Waals surface area contributed by atoms with Crippen molar-refractivity contribution < 1.29 is 13.5 Å². The number of nitrogens with zero attached hydrogens (tertiary/aromatic N) is 3. The fourth-order valence-electron chi connectivity index (χ4n) is 2.12. The third kappa shape index (κ3) is 3.79. The molecule has 0 aliphatic heterocycles. The molecular formula is C17H12F2N4OS. The molecule has 3 rings (SSSR count). The lowest BCUT2D eigenvalue weighted by atomic mass is 10.1. The number of pyridine rings is 1. The molecule has 3 aromatic rings. The molecule has 0 unspecified atom stereocenters. The highest BCUT2D eigenvalue weighted by Gasteiger charge is 2.15. The molecule has 0 saturated heterocycles. The van der Waals surface area contributed by atoms with Gasteiger partial charge in [0.2, 0.25) is 5.06 Å². The first-order chi connectivity index (χ1) is 12.1. The van der Waals surface area contributed by atoms with Crippen LogP contribution in [0.2, 0.25) is 0 Å². The molecule has 2 heterocycles. The number of hydrogen-bond acceptors (Lipinski definition) is 6. The molecule has 0 radical (unpaired) electrons. The van der Waals surface area contributed by atoms with Gasteiger partial charge in [-0.3, -0.25) is 4.98 Å². The number of nitrogens with two attached hydrogens (primary N) is 1. The standard InChI is InChI=1S/C17H12F2N4OS/c18-17(19)14-6-16(25-23-14)24-15-5-10(7-20)1-3-12(15)13-4-2-11(8-21)9-22-13/h1-6,9,17H,8,21H2. The van der Waals surface area contributed by atoms with Crippen LogP contribution in [0, 0.1) is 11.3 Å². The van der Waals surface area contributed by atoms with Crippen molar-refractivity contribution in [2.24, 2.45) is 5.73 Å². The van der Waals surface area contributed by atoms with Crippen LogP contribution in [0.3, 0.4) is 0 Å². The van der Waals surface area contributed by atoms with Gasteiger partial charge in [-0.1, -0.05) is 6.07 Å². The van der Waals surface area contributed by atoms with Crippen molar-refractivity contribution in [2.75, 3.05) is 0 Å². The number of alkyl halides is 2. The van der Waals surface area contributed by atoms with E-state index in [1.54, 1.807) is 24.4 Å². The molecule has 5 nitrogen and oxygen atoms in total. The summed E-state index contributed by atoms with van der Waals surface area (Å²) in [6.07, 6.45) is -1.01. The highest BCUT2D eigenvalue weighted by Crippen LogP contribution is 2.36. The van der Waals surface area contributed by atoms with Crippen LogP contribution in [0.25, 0.3) is 11.3 Å². The summed E-state index contributed by atoms with van der Waals surface area (Å²) in [7, 11) is 0. The zero-order valence-corrected chi connectivity index (χ0v) is 13.6. The molecule has 126 valence electrons. The summed E-state index contributed by atoms with van der Waals surface area (Å²) in [4.78, 5) is 4.34. The van der Waals surface area contributed by atoms with E-state index in [1.807, 2.05) is 12.1 Å². The molecule has 2 N–H and O–H groups in total. The summed E-state index contributed by atoms with van der Waals surface area (Å²) in [6.45, 7) is 0.376. The second kappa shape index (κ2) is 7.34. The number of halogens is 2. The zero-order valence-electron chi connectivity index (χ0n) is 12.8. The summed E-state index contributed by atoms with van der Waals surface area (Å²) in [6, 6.07) is 11.7. The first-order valence-electron chi connectivity index (χ1n) is 7.23. The maximum atomic E-state index is 12.7. The van der Waals surface area contributed by atoms with Crippen LogP contribution in [-0.2, 0) is 6.54 Å². The molecule has 8 heteroatoms. The van der Waals surface area contributed by atoms with Gasteiger partial charge in [0.15, 0.2) is 0 Å². The summed E-state index contributed by atoms with van der Waals surface area (Å²) in [5.41, 5.74) is 7.74. The van der Waals surface area contributed by atoms with E-state index in [9.17, 15) is 8.78 Å². The van der Waals surface area contributed by atoms with Crippen LogP contribution in [0.15, 0.2) is 42.6 Å². The lowest BCUT2D eigenvalue weighted by Crippen LogP contribution is -1.97. The minimum Gasteiger partial charge on any atom is -0.444 e. The Morgan fingerprint density at radius 3 is 2.68 bits per heavy atom. The number of nitriles is 1. The van der Waals surface area contributed by atoms with E-state index >= 15 is 0 Å². The van der Waals surface area contributed by atoms with E-state index in [-0.39, 0.29) is 10.8 Å². The minimum atomic E-state index is -2.66. The number of hydrogen-bond donors (Lipinski definition) is 1. The molecular weight excluding hydrogens is 346 g/mol. The SMILES string of the molecule is N#Cc1ccc(-c2ccc(CN)cn2)c(Oc2cc(C(F)F)ns2)c1. The number of ether oxygens (including phenoxy) is 1. The Bertz CT molecular complexity index is 919. The van der Waals surface area contributed by atoms with Gasteiger partial charge in [-0.2, -0.15) is 9.64 Å². The number of rotatable bonds is 5. The first kappa shape index (κ1) is 17.0. The van der Waals surface area contributed by atoms with E-state index < -0.39 is 6.43 Å². The average molecular weight is 358 g/mol. The summed E-state index contributed by atoms with van der Waals surface area (Å²) in [5.74, 6) is 0.344. The Hall–Kier alpha value is -2.89. The molecule has 2 aromatic heterocycles. The Kier molecular flexibility index (Phi) is 4.97. The Morgan fingerprint density at radius 1 is 1.24 bits per heavy atom. The van der Waals surface area contributed by atoms with Crippen molar-refractivity contribution in [3.05, 3.63) is 59.4 Å². The second-order valence-corrected chi connectivity index (χ2v) is 5.82. The zero-order chi connectivity index (χ0) is 17.8. The Balaban J connectivity index is 1.99. The highest BCUT2D eigenvalue weighted by atomic mass is 32.1. The van der Waals surface area contributed by atoms with Crippen molar-refractivity contribution in [1.29, 1.82) is 5.26 Å². The predicted molar refractivity (Wildman–Crippen MR) is 89.4 cm³/mol. The monoisotopic (exact) mass is 358 g/mol. The van der Waals surface area contributed by atoms with E-state index in [0.29, 0.717) is 29.1 Å².